The van der Waals surface area contributed by atoms with Crippen LogP contribution in [0, 0.1) is 20.2 Å². The molecule has 0 fully saturated rings. The molecule has 1 unspecified atom stereocenters. The van der Waals surface area contributed by atoms with Crippen LogP contribution < -0.4 is 0 Å². The van der Waals surface area contributed by atoms with Gasteiger partial charge in [-0.05, 0) is 6.08 Å². The number of rotatable bonds is 2. The second-order valence-electron chi connectivity index (χ2n) is 2.59. The Morgan fingerprint density at radius 2 is 2.08 bits per heavy atom. The number of allylic oxidation sites excluding steroid dienone is 2. The molecular weight excluding hydrogens is 180 g/mol. The van der Waals surface area contributed by atoms with Crippen LogP contribution >= 0.6 is 0 Å². The van der Waals surface area contributed by atoms with Gasteiger partial charge in [-0.1, -0.05) is 0 Å². The van der Waals surface area contributed by atoms with E-state index in [-0.39, 0.29) is 5.70 Å². The summed E-state index contributed by atoms with van der Waals surface area (Å²) in [5.41, 5.74) is -2.71. The van der Waals surface area contributed by atoms with Gasteiger partial charge < -0.3 is 5.11 Å². The third-order valence-corrected chi connectivity index (χ3v) is 1.64. The Morgan fingerprint density at radius 1 is 1.46 bits per heavy atom. The van der Waals surface area contributed by atoms with E-state index in [1.807, 2.05) is 0 Å². The standard InChI is InChI=1S/C6H6N2O5/c9-6(8(12)13)3-1-2-5(4-6)7(10)11/h1-3,9H,4H2. The number of aliphatic hydroxyl groups is 1. The lowest BCUT2D eigenvalue weighted by Gasteiger charge is -2.15. The van der Waals surface area contributed by atoms with Gasteiger partial charge in [0.2, 0.25) is 0 Å². The van der Waals surface area contributed by atoms with Crippen molar-refractivity contribution in [1.82, 2.24) is 0 Å². The smallest absolute Gasteiger partial charge is 0.327 e. The molecule has 0 amide bonds. The minimum absolute atomic E-state index is 0.373. The molecule has 0 spiro atoms. The molecule has 0 saturated carbocycles. The van der Waals surface area contributed by atoms with Crippen LogP contribution in [0.4, 0.5) is 0 Å². The Labute approximate surface area is 72.3 Å². The van der Waals surface area contributed by atoms with Crippen LogP contribution in [-0.4, -0.2) is 20.7 Å². The van der Waals surface area contributed by atoms with Crippen molar-refractivity contribution in [3.05, 3.63) is 44.2 Å². The van der Waals surface area contributed by atoms with Crippen molar-refractivity contribution in [3.63, 3.8) is 0 Å². The fourth-order valence-corrected chi connectivity index (χ4v) is 0.949. The molecule has 7 nitrogen and oxygen atoms in total. The molecule has 13 heavy (non-hydrogen) atoms. The number of nitro groups is 2. The lowest BCUT2D eigenvalue weighted by Crippen LogP contribution is -2.38. The van der Waals surface area contributed by atoms with Gasteiger partial charge in [-0.15, -0.1) is 0 Å². The van der Waals surface area contributed by atoms with E-state index in [1.165, 1.54) is 0 Å². The average molecular weight is 186 g/mol. The number of nitrogens with zero attached hydrogens (tertiary/aromatic N) is 2. The molecule has 0 aliphatic heterocycles. The van der Waals surface area contributed by atoms with Gasteiger partial charge in [0.05, 0.1) is 9.85 Å². The Kier molecular flexibility index (Phi) is 2.11. The average Bonchev–Trinajstić information content (AvgIpc) is 2.04. The van der Waals surface area contributed by atoms with Gasteiger partial charge in [-0.25, -0.2) is 0 Å². The van der Waals surface area contributed by atoms with Crippen molar-refractivity contribution in [2.45, 2.75) is 12.1 Å². The first kappa shape index (κ1) is 9.33. The molecule has 0 radical (unpaired) electrons. The summed E-state index contributed by atoms with van der Waals surface area (Å²) in [5, 5.41) is 29.8. The van der Waals surface area contributed by atoms with Crippen LogP contribution in [0.1, 0.15) is 6.42 Å². The normalized spacial score (nSPS) is 26.7. The Balaban J connectivity index is 2.92. The summed E-state index contributed by atoms with van der Waals surface area (Å²) in [6, 6.07) is 0. The first-order valence-electron chi connectivity index (χ1n) is 3.35. The summed E-state index contributed by atoms with van der Waals surface area (Å²) in [4.78, 5) is 18.8. The summed E-state index contributed by atoms with van der Waals surface area (Å²) in [5.74, 6) is 0. The molecule has 1 atom stereocenters. The van der Waals surface area contributed by atoms with Gasteiger partial charge in [0.1, 0.15) is 6.42 Å². The summed E-state index contributed by atoms with van der Waals surface area (Å²) < 4.78 is 0. The topological polar surface area (TPSA) is 107 Å². The maximum atomic E-state index is 10.3. The molecule has 0 saturated heterocycles. The van der Waals surface area contributed by atoms with Crippen LogP contribution in [0.15, 0.2) is 23.9 Å². The molecule has 0 heterocycles. The van der Waals surface area contributed by atoms with Crippen molar-refractivity contribution in [2.24, 2.45) is 0 Å². The molecule has 1 N–H and O–H groups in total. The fraction of sp³-hybridized carbons (Fsp3) is 0.333. The SMILES string of the molecule is O=[N+]([O-])C1=CC=CC(O)([N+](=O)[O-])C1. The molecule has 1 aliphatic rings. The zero-order chi connectivity index (χ0) is 10.1. The minimum atomic E-state index is -2.34. The maximum absolute atomic E-state index is 10.3. The number of hydrogen-bond donors (Lipinski definition) is 1. The highest BCUT2D eigenvalue weighted by Crippen LogP contribution is 2.23. The van der Waals surface area contributed by atoms with Crippen LogP contribution in [0.25, 0.3) is 0 Å². The van der Waals surface area contributed by atoms with E-state index in [1.54, 1.807) is 0 Å². The Hall–Kier alpha value is -1.76. The molecule has 70 valence electrons. The quantitative estimate of drug-likeness (QED) is 0.373. The monoisotopic (exact) mass is 186 g/mol. The van der Waals surface area contributed by atoms with E-state index < -0.39 is 22.0 Å². The minimum Gasteiger partial charge on any atom is -0.327 e. The molecule has 7 heteroatoms. The van der Waals surface area contributed by atoms with Crippen molar-refractivity contribution >= 4 is 0 Å². The second kappa shape index (κ2) is 2.94. The van der Waals surface area contributed by atoms with Gasteiger partial charge in [0.25, 0.3) is 5.70 Å². The molecular formula is C6H6N2O5. The van der Waals surface area contributed by atoms with Gasteiger partial charge in [-0.3, -0.25) is 20.2 Å². The molecule has 1 aliphatic carbocycles. The third kappa shape index (κ3) is 1.70. The fourth-order valence-electron chi connectivity index (χ4n) is 0.949. The third-order valence-electron chi connectivity index (χ3n) is 1.64. The molecule has 0 aromatic carbocycles. The predicted molar refractivity (Wildman–Crippen MR) is 40.8 cm³/mol. The zero-order valence-corrected chi connectivity index (χ0v) is 6.41. The first-order valence-corrected chi connectivity index (χ1v) is 3.35. The molecule has 1 rings (SSSR count). The Morgan fingerprint density at radius 3 is 2.54 bits per heavy atom. The summed E-state index contributed by atoms with van der Waals surface area (Å²) in [7, 11) is 0. The van der Waals surface area contributed by atoms with Gasteiger partial charge >= 0.3 is 5.72 Å². The zero-order valence-electron chi connectivity index (χ0n) is 6.41. The van der Waals surface area contributed by atoms with Gasteiger partial charge in [0, 0.05) is 12.2 Å². The first-order chi connectivity index (χ1) is 5.96. The van der Waals surface area contributed by atoms with E-state index >= 15 is 0 Å². The van der Waals surface area contributed by atoms with E-state index in [9.17, 15) is 25.3 Å². The summed E-state index contributed by atoms with van der Waals surface area (Å²) in [6.45, 7) is 0. The van der Waals surface area contributed by atoms with Crippen molar-refractivity contribution in [3.8, 4) is 0 Å². The van der Waals surface area contributed by atoms with Crippen molar-refractivity contribution in [2.75, 3.05) is 0 Å². The second-order valence-corrected chi connectivity index (χ2v) is 2.59. The molecule has 0 bridgehead atoms. The van der Waals surface area contributed by atoms with Crippen molar-refractivity contribution in [1.29, 1.82) is 0 Å². The van der Waals surface area contributed by atoms with E-state index in [0.29, 0.717) is 0 Å². The van der Waals surface area contributed by atoms with Crippen LogP contribution in [0.2, 0.25) is 0 Å². The van der Waals surface area contributed by atoms with Crippen LogP contribution in [-0.2, 0) is 0 Å². The summed E-state index contributed by atoms with van der Waals surface area (Å²) in [6.07, 6.45) is 2.53. The maximum Gasteiger partial charge on any atom is 0.352 e. The lowest BCUT2D eigenvalue weighted by molar-refractivity contribution is -0.612. The largest absolute Gasteiger partial charge is 0.352 e. The van der Waals surface area contributed by atoms with Gasteiger partial charge in [-0.2, -0.15) is 0 Å². The van der Waals surface area contributed by atoms with Crippen molar-refractivity contribution < 1.29 is 15.0 Å². The molecule has 0 aromatic heterocycles. The van der Waals surface area contributed by atoms with E-state index in [2.05, 4.69) is 0 Å². The Bertz CT molecular complexity index is 321. The lowest BCUT2D eigenvalue weighted by atomic mass is 10.0. The highest BCUT2D eigenvalue weighted by atomic mass is 16.7. The van der Waals surface area contributed by atoms with E-state index in [0.717, 1.165) is 18.2 Å². The van der Waals surface area contributed by atoms with E-state index in [4.69, 9.17) is 0 Å². The highest BCUT2D eigenvalue weighted by molar-refractivity contribution is 5.18. The number of hydrogen-bond acceptors (Lipinski definition) is 5. The highest BCUT2D eigenvalue weighted by Gasteiger charge is 2.43. The van der Waals surface area contributed by atoms with Gasteiger partial charge in [0.15, 0.2) is 0 Å². The van der Waals surface area contributed by atoms with Crippen LogP contribution in [0.5, 0.6) is 0 Å². The molecule has 0 aromatic rings. The van der Waals surface area contributed by atoms with Crippen LogP contribution in [0.3, 0.4) is 0 Å². The predicted octanol–water partition coefficient (Wildman–Crippen LogP) is 0.0722. The summed E-state index contributed by atoms with van der Waals surface area (Å²) >= 11 is 0.